The van der Waals surface area contributed by atoms with E-state index in [1.54, 1.807) is 0 Å². The summed E-state index contributed by atoms with van der Waals surface area (Å²) in [5.41, 5.74) is 0. The van der Waals surface area contributed by atoms with E-state index in [2.05, 4.69) is 25.7 Å². The molecule has 0 saturated heterocycles. The van der Waals surface area contributed by atoms with Crippen LogP contribution in [-0.4, -0.2) is 12.8 Å². The molecule has 0 fully saturated rings. The molecule has 0 rings (SSSR count). The Morgan fingerprint density at radius 3 is 2.44 bits per heavy atom. The van der Waals surface area contributed by atoms with Crippen molar-refractivity contribution in [3.8, 4) is 0 Å². The SMILES string of the molecule is C=NOC(C)C(C)CC. The lowest BCUT2D eigenvalue weighted by Gasteiger charge is -2.14. The molecular formula is C7H15NO. The quantitative estimate of drug-likeness (QED) is 0.420. The van der Waals surface area contributed by atoms with Crippen LogP contribution in [-0.2, 0) is 4.84 Å². The summed E-state index contributed by atoms with van der Waals surface area (Å²) in [7, 11) is 0. The Morgan fingerprint density at radius 1 is 1.56 bits per heavy atom. The van der Waals surface area contributed by atoms with Crippen molar-refractivity contribution in [1.82, 2.24) is 0 Å². The van der Waals surface area contributed by atoms with Gasteiger partial charge in [-0.25, -0.2) is 0 Å². The van der Waals surface area contributed by atoms with Crippen molar-refractivity contribution >= 4 is 6.72 Å². The van der Waals surface area contributed by atoms with Crippen LogP contribution in [0.25, 0.3) is 0 Å². The number of hydrogen-bond acceptors (Lipinski definition) is 2. The van der Waals surface area contributed by atoms with Gasteiger partial charge in [0.25, 0.3) is 0 Å². The van der Waals surface area contributed by atoms with Crippen molar-refractivity contribution < 1.29 is 4.84 Å². The van der Waals surface area contributed by atoms with Crippen molar-refractivity contribution in [2.24, 2.45) is 11.1 Å². The molecule has 2 atom stereocenters. The molecule has 0 heterocycles. The van der Waals surface area contributed by atoms with Crippen molar-refractivity contribution in [2.75, 3.05) is 0 Å². The highest BCUT2D eigenvalue weighted by Gasteiger charge is 2.09. The predicted molar refractivity (Wildman–Crippen MR) is 39.6 cm³/mol. The van der Waals surface area contributed by atoms with Crippen LogP contribution >= 0.6 is 0 Å². The van der Waals surface area contributed by atoms with E-state index < -0.39 is 0 Å². The zero-order chi connectivity index (χ0) is 7.28. The second-order valence-electron chi connectivity index (χ2n) is 2.33. The highest BCUT2D eigenvalue weighted by Crippen LogP contribution is 2.09. The molecule has 2 unspecified atom stereocenters. The van der Waals surface area contributed by atoms with Crippen molar-refractivity contribution in [3.05, 3.63) is 0 Å². The maximum atomic E-state index is 4.91. The first-order valence-electron chi connectivity index (χ1n) is 3.34. The average molecular weight is 129 g/mol. The van der Waals surface area contributed by atoms with E-state index in [9.17, 15) is 0 Å². The molecule has 9 heavy (non-hydrogen) atoms. The largest absolute Gasteiger partial charge is 0.393 e. The highest BCUT2D eigenvalue weighted by atomic mass is 16.6. The van der Waals surface area contributed by atoms with E-state index in [4.69, 9.17) is 4.84 Å². The van der Waals surface area contributed by atoms with E-state index in [0.717, 1.165) is 6.42 Å². The summed E-state index contributed by atoms with van der Waals surface area (Å²) in [6.45, 7) is 9.52. The molecule has 0 aliphatic rings. The zero-order valence-corrected chi connectivity index (χ0v) is 6.42. The predicted octanol–water partition coefficient (Wildman–Crippen LogP) is 2.05. The Hall–Kier alpha value is -0.530. The van der Waals surface area contributed by atoms with Gasteiger partial charge in [-0.15, -0.1) is 5.16 Å². The summed E-state index contributed by atoms with van der Waals surface area (Å²) in [6.07, 6.45) is 1.32. The Balaban J connectivity index is 3.44. The minimum atomic E-state index is 0.201. The summed E-state index contributed by atoms with van der Waals surface area (Å²) in [5, 5.41) is 3.35. The average Bonchev–Trinajstić information content (AvgIpc) is 1.87. The van der Waals surface area contributed by atoms with Gasteiger partial charge in [0.2, 0.25) is 0 Å². The lowest BCUT2D eigenvalue weighted by Crippen LogP contribution is -2.14. The zero-order valence-electron chi connectivity index (χ0n) is 6.42. The van der Waals surface area contributed by atoms with Gasteiger partial charge in [0.05, 0.1) is 0 Å². The topological polar surface area (TPSA) is 21.6 Å². The molecule has 0 aliphatic carbocycles. The number of rotatable bonds is 4. The van der Waals surface area contributed by atoms with Gasteiger partial charge in [-0.3, -0.25) is 0 Å². The van der Waals surface area contributed by atoms with E-state index in [-0.39, 0.29) is 6.10 Å². The summed E-state index contributed by atoms with van der Waals surface area (Å²) in [6, 6.07) is 0. The van der Waals surface area contributed by atoms with Gasteiger partial charge in [0, 0.05) is 6.72 Å². The summed E-state index contributed by atoms with van der Waals surface area (Å²) < 4.78 is 0. The number of oxime groups is 1. The van der Waals surface area contributed by atoms with Gasteiger partial charge in [0.15, 0.2) is 0 Å². The Labute approximate surface area is 56.9 Å². The van der Waals surface area contributed by atoms with Crippen LogP contribution in [0.2, 0.25) is 0 Å². The maximum absolute atomic E-state index is 4.91. The molecule has 0 N–H and O–H groups in total. The molecule has 0 amide bonds. The third-order valence-electron chi connectivity index (χ3n) is 1.69. The molecule has 0 aromatic carbocycles. The van der Waals surface area contributed by atoms with Crippen LogP contribution in [0.15, 0.2) is 5.16 Å². The molecule has 2 heteroatoms. The van der Waals surface area contributed by atoms with E-state index in [0.29, 0.717) is 5.92 Å². The normalized spacial score (nSPS) is 16.3. The Morgan fingerprint density at radius 2 is 2.11 bits per heavy atom. The smallest absolute Gasteiger partial charge is 0.127 e. The van der Waals surface area contributed by atoms with E-state index in [1.165, 1.54) is 0 Å². The van der Waals surface area contributed by atoms with Gasteiger partial charge in [-0.1, -0.05) is 13.8 Å². The van der Waals surface area contributed by atoms with Gasteiger partial charge >= 0.3 is 0 Å². The van der Waals surface area contributed by atoms with Gasteiger partial charge in [0.1, 0.15) is 6.10 Å². The lowest BCUT2D eigenvalue weighted by molar-refractivity contribution is 0.0355. The highest BCUT2D eigenvalue weighted by molar-refractivity contribution is 5.21. The summed E-state index contributed by atoms with van der Waals surface area (Å²) in [4.78, 5) is 4.91. The van der Waals surface area contributed by atoms with Crippen LogP contribution < -0.4 is 0 Å². The fourth-order valence-electron chi connectivity index (χ4n) is 0.553. The molecule has 0 bridgehead atoms. The minimum Gasteiger partial charge on any atom is -0.393 e. The standard InChI is InChI=1S/C7H15NO/c1-5-6(2)7(3)9-8-4/h6-7H,4-5H2,1-3H3. The third-order valence-corrected chi connectivity index (χ3v) is 1.69. The molecule has 0 radical (unpaired) electrons. The fraction of sp³-hybridized carbons (Fsp3) is 0.857. The molecule has 2 nitrogen and oxygen atoms in total. The monoisotopic (exact) mass is 129 g/mol. The van der Waals surface area contributed by atoms with Crippen LogP contribution in [0.3, 0.4) is 0 Å². The van der Waals surface area contributed by atoms with Gasteiger partial charge < -0.3 is 4.84 Å². The van der Waals surface area contributed by atoms with Crippen molar-refractivity contribution in [2.45, 2.75) is 33.3 Å². The van der Waals surface area contributed by atoms with Crippen LogP contribution in [0, 0.1) is 5.92 Å². The molecule has 54 valence electrons. The molecule has 0 aromatic rings. The number of hydrogen-bond donors (Lipinski definition) is 0. The summed E-state index contributed by atoms with van der Waals surface area (Å²) in [5.74, 6) is 0.565. The lowest BCUT2D eigenvalue weighted by atomic mass is 10.0. The first kappa shape index (κ1) is 8.47. The number of nitrogens with zero attached hydrogens (tertiary/aromatic N) is 1. The molecular weight excluding hydrogens is 114 g/mol. The second kappa shape index (κ2) is 4.36. The Bertz CT molecular complexity index is 83.0. The third kappa shape index (κ3) is 3.12. The van der Waals surface area contributed by atoms with Crippen molar-refractivity contribution in [3.63, 3.8) is 0 Å². The van der Waals surface area contributed by atoms with E-state index in [1.807, 2.05) is 6.92 Å². The molecule has 0 aromatic heterocycles. The van der Waals surface area contributed by atoms with E-state index >= 15 is 0 Å². The maximum Gasteiger partial charge on any atom is 0.127 e. The first-order valence-corrected chi connectivity index (χ1v) is 3.34. The van der Waals surface area contributed by atoms with Gasteiger partial charge in [-0.05, 0) is 19.3 Å². The van der Waals surface area contributed by atoms with Crippen LogP contribution in [0.5, 0.6) is 0 Å². The molecule has 0 saturated carbocycles. The first-order chi connectivity index (χ1) is 4.22. The van der Waals surface area contributed by atoms with Crippen LogP contribution in [0.4, 0.5) is 0 Å². The second-order valence-corrected chi connectivity index (χ2v) is 2.33. The summed E-state index contributed by atoms with van der Waals surface area (Å²) >= 11 is 0. The molecule has 0 spiro atoms. The van der Waals surface area contributed by atoms with Crippen LogP contribution in [0.1, 0.15) is 27.2 Å². The fourth-order valence-corrected chi connectivity index (χ4v) is 0.553. The van der Waals surface area contributed by atoms with Gasteiger partial charge in [-0.2, -0.15) is 0 Å². The Kier molecular flexibility index (Phi) is 4.10. The van der Waals surface area contributed by atoms with Crippen molar-refractivity contribution in [1.29, 1.82) is 0 Å². The molecule has 0 aliphatic heterocycles. The minimum absolute atomic E-state index is 0.201.